The minimum atomic E-state index is -0.312. The van der Waals surface area contributed by atoms with Crippen LogP contribution in [0.25, 0.3) is 21.0 Å². The van der Waals surface area contributed by atoms with Gasteiger partial charge in [-0.15, -0.1) is 11.3 Å². The van der Waals surface area contributed by atoms with Crippen LogP contribution < -0.4 is 9.64 Å². The molecule has 6 nitrogen and oxygen atoms in total. The van der Waals surface area contributed by atoms with E-state index in [0.29, 0.717) is 0 Å². The maximum Gasteiger partial charge on any atom is 0.329 e. The van der Waals surface area contributed by atoms with Crippen LogP contribution in [0.4, 0.5) is 5.82 Å². The van der Waals surface area contributed by atoms with Gasteiger partial charge in [-0.3, -0.25) is 0 Å². The molecule has 1 atom stereocenters. The number of thiophene rings is 1. The van der Waals surface area contributed by atoms with Crippen molar-refractivity contribution in [2.45, 2.75) is 25.5 Å². The van der Waals surface area contributed by atoms with Crippen LogP contribution in [0.2, 0.25) is 0 Å². The van der Waals surface area contributed by atoms with Crippen LogP contribution in [0.3, 0.4) is 0 Å². The fraction of sp³-hybridized carbons (Fsp3) is 0.261. The van der Waals surface area contributed by atoms with E-state index in [4.69, 9.17) is 9.47 Å². The fourth-order valence-electron chi connectivity index (χ4n) is 4.01. The number of esters is 1. The second kappa shape index (κ2) is 7.91. The van der Waals surface area contributed by atoms with Gasteiger partial charge in [0.25, 0.3) is 0 Å². The first-order valence-electron chi connectivity index (χ1n) is 9.91. The Morgan fingerprint density at radius 2 is 2.03 bits per heavy atom. The Morgan fingerprint density at radius 3 is 2.93 bits per heavy atom. The van der Waals surface area contributed by atoms with Crippen molar-refractivity contribution >= 4 is 44.1 Å². The van der Waals surface area contributed by atoms with Gasteiger partial charge >= 0.3 is 5.97 Å². The van der Waals surface area contributed by atoms with Gasteiger partial charge in [0.15, 0.2) is 0 Å². The molecule has 0 spiro atoms. The summed E-state index contributed by atoms with van der Waals surface area (Å²) >= 11 is 1.58. The number of benzene rings is 2. The van der Waals surface area contributed by atoms with E-state index in [9.17, 15) is 4.79 Å². The highest BCUT2D eigenvalue weighted by Crippen LogP contribution is 2.32. The van der Waals surface area contributed by atoms with Crippen LogP contribution in [-0.2, 0) is 16.1 Å². The zero-order valence-corrected chi connectivity index (χ0v) is 17.4. The number of anilines is 1. The highest BCUT2D eigenvalue weighted by atomic mass is 32.1. The first kappa shape index (κ1) is 18.8. The molecule has 1 unspecified atom stereocenters. The predicted molar refractivity (Wildman–Crippen MR) is 118 cm³/mol. The lowest BCUT2D eigenvalue weighted by Gasteiger charge is -2.24. The topological polar surface area (TPSA) is 64.6 Å². The second-order valence-electron chi connectivity index (χ2n) is 7.34. The van der Waals surface area contributed by atoms with Crippen molar-refractivity contribution in [3.63, 3.8) is 0 Å². The highest BCUT2D eigenvalue weighted by Gasteiger charge is 2.34. The molecule has 1 aliphatic rings. The SMILES string of the molecule is COc1ccc2cc(COC(=O)C3CCCN3c3ncnc4sccc34)ccc2c1. The maximum absolute atomic E-state index is 12.9. The quantitative estimate of drug-likeness (QED) is 0.442. The predicted octanol–water partition coefficient (Wildman–Crippen LogP) is 4.57. The molecule has 0 aliphatic carbocycles. The van der Waals surface area contributed by atoms with Crippen LogP contribution in [0.15, 0.2) is 54.2 Å². The van der Waals surface area contributed by atoms with E-state index in [0.717, 1.165) is 57.5 Å². The largest absolute Gasteiger partial charge is 0.497 e. The van der Waals surface area contributed by atoms with Crippen LogP contribution in [0, 0.1) is 0 Å². The summed E-state index contributed by atoms with van der Waals surface area (Å²) in [5, 5.41) is 5.18. The zero-order valence-electron chi connectivity index (χ0n) is 16.6. The molecule has 0 amide bonds. The fourth-order valence-corrected chi connectivity index (χ4v) is 4.74. The molecule has 1 aliphatic heterocycles. The molecule has 1 fully saturated rings. The highest BCUT2D eigenvalue weighted by molar-refractivity contribution is 7.16. The van der Waals surface area contributed by atoms with Gasteiger partial charge in [-0.25, -0.2) is 14.8 Å². The Labute approximate surface area is 178 Å². The molecule has 2 aromatic heterocycles. The Bertz CT molecular complexity index is 1220. The van der Waals surface area contributed by atoms with E-state index in [1.807, 2.05) is 47.8 Å². The summed E-state index contributed by atoms with van der Waals surface area (Å²) in [6.45, 7) is 1.04. The molecule has 0 N–H and O–H groups in total. The lowest BCUT2D eigenvalue weighted by molar-refractivity contribution is -0.146. The number of carbonyl (C=O) groups is 1. The third-order valence-electron chi connectivity index (χ3n) is 5.53. The van der Waals surface area contributed by atoms with Gasteiger partial charge in [-0.2, -0.15) is 0 Å². The number of aromatic nitrogens is 2. The lowest BCUT2D eigenvalue weighted by atomic mass is 10.1. The minimum absolute atomic E-state index is 0.204. The third-order valence-corrected chi connectivity index (χ3v) is 6.35. The molecular weight excluding hydrogens is 398 g/mol. The molecule has 0 bridgehead atoms. The van der Waals surface area contributed by atoms with Crippen molar-refractivity contribution < 1.29 is 14.3 Å². The van der Waals surface area contributed by atoms with Gasteiger partial charge in [-0.1, -0.05) is 18.2 Å². The van der Waals surface area contributed by atoms with E-state index in [1.165, 1.54) is 0 Å². The Balaban J connectivity index is 1.31. The molecule has 1 saturated heterocycles. The number of nitrogens with zero attached hydrogens (tertiary/aromatic N) is 3. The van der Waals surface area contributed by atoms with Gasteiger partial charge in [0, 0.05) is 6.54 Å². The molecule has 2 aromatic carbocycles. The number of carbonyl (C=O) groups excluding carboxylic acids is 1. The number of hydrogen-bond acceptors (Lipinski definition) is 7. The molecule has 5 rings (SSSR count). The molecule has 0 saturated carbocycles. The van der Waals surface area contributed by atoms with Gasteiger partial charge in [0.1, 0.15) is 35.4 Å². The smallest absolute Gasteiger partial charge is 0.329 e. The average molecular weight is 420 g/mol. The molecule has 30 heavy (non-hydrogen) atoms. The average Bonchev–Trinajstić information content (AvgIpc) is 3.46. The molecule has 4 aromatic rings. The first-order valence-corrected chi connectivity index (χ1v) is 10.8. The summed E-state index contributed by atoms with van der Waals surface area (Å²) in [7, 11) is 1.66. The summed E-state index contributed by atoms with van der Waals surface area (Å²) in [5.41, 5.74) is 0.966. The number of methoxy groups -OCH3 is 1. The Hall–Kier alpha value is -3.19. The summed E-state index contributed by atoms with van der Waals surface area (Å²) in [5.74, 6) is 1.44. The van der Waals surface area contributed by atoms with Gasteiger partial charge in [0.2, 0.25) is 0 Å². The van der Waals surface area contributed by atoms with Crippen LogP contribution >= 0.6 is 11.3 Å². The number of rotatable bonds is 5. The van der Waals surface area contributed by atoms with E-state index < -0.39 is 0 Å². The van der Waals surface area contributed by atoms with E-state index in [2.05, 4.69) is 14.9 Å². The van der Waals surface area contributed by atoms with Crippen molar-refractivity contribution in [1.82, 2.24) is 9.97 Å². The molecular formula is C23H21N3O3S. The standard InChI is InChI=1S/C23H21N3O3S/c1-28-18-7-6-16-11-15(4-5-17(16)12-18)13-29-23(27)20-3-2-9-26(20)21-19-8-10-30-22(19)25-14-24-21/h4-8,10-12,14,20H,2-3,9,13H2,1H3. The maximum atomic E-state index is 12.9. The van der Waals surface area contributed by atoms with Crippen molar-refractivity contribution in [1.29, 1.82) is 0 Å². The Morgan fingerprint density at radius 1 is 1.17 bits per heavy atom. The lowest BCUT2D eigenvalue weighted by Crippen LogP contribution is -2.37. The summed E-state index contributed by atoms with van der Waals surface area (Å²) in [6, 6.07) is 13.7. The van der Waals surface area contributed by atoms with Crippen molar-refractivity contribution in [3.05, 3.63) is 59.7 Å². The van der Waals surface area contributed by atoms with Gasteiger partial charge in [0.05, 0.1) is 12.5 Å². The van der Waals surface area contributed by atoms with E-state index >= 15 is 0 Å². The monoisotopic (exact) mass is 419 g/mol. The van der Waals surface area contributed by atoms with Gasteiger partial charge < -0.3 is 14.4 Å². The number of fused-ring (bicyclic) bond motifs is 2. The molecule has 0 radical (unpaired) electrons. The first-order chi connectivity index (χ1) is 14.7. The van der Waals surface area contributed by atoms with E-state index in [1.54, 1.807) is 24.8 Å². The van der Waals surface area contributed by atoms with Crippen LogP contribution in [0.5, 0.6) is 5.75 Å². The van der Waals surface area contributed by atoms with Crippen molar-refractivity contribution in [2.24, 2.45) is 0 Å². The van der Waals surface area contributed by atoms with Crippen LogP contribution in [-0.4, -0.2) is 35.6 Å². The number of hydrogen-bond donors (Lipinski definition) is 0. The van der Waals surface area contributed by atoms with Gasteiger partial charge in [-0.05, 0) is 58.8 Å². The molecule has 7 heteroatoms. The number of ether oxygens (including phenoxy) is 2. The third kappa shape index (κ3) is 3.45. The minimum Gasteiger partial charge on any atom is -0.497 e. The molecule has 3 heterocycles. The second-order valence-corrected chi connectivity index (χ2v) is 8.24. The molecule has 152 valence electrons. The normalized spacial score (nSPS) is 16.3. The van der Waals surface area contributed by atoms with Crippen molar-refractivity contribution in [2.75, 3.05) is 18.6 Å². The summed E-state index contributed by atoms with van der Waals surface area (Å²) < 4.78 is 11.0. The van der Waals surface area contributed by atoms with Crippen molar-refractivity contribution in [3.8, 4) is 5.75 Å². The zero-order chi connectivity index (χ0) is 20.5. The van der Waals surface area contributed by atoms with E-state index in [-0.39, 0.29) is 18.6 Å². The Kier molecular flexibility index (Phi) is 4.96. The summed E-state index contributed by atoms with van der Waals surface area (Å²) in [6.07, 6.45) is 3.28. The summed E-state index contributed by atoms with van der Waals surface area (Å²) in [4.78, 5) is 24.7. The van der Waals surface area contributed by atoms with Crippen LogP contribution in [0.1, 0.15) is 18.4 Å².